The molecule has 0 atom stereocenters. The number of hydrogen-bond acceptors (Lipinski definition) is 2. The summed E-state index contributed by atoms with van der Waals surface area (Å²) < 4.78 is 2.02. The van der Waals surface area contributed by atoms with Gasteiger partial charge in [0.25, 0.3) is 0 Å². The molecular formula is C13H16N4O. The average molecular weight is 244 g/mol. The molecule has 0 unspecified atom stereocenters. The highest BCUT2D eigenvalue weighted by Crippen LogP contribution is 2.29. The van der Waals surface area contributed by atoms with Gasteiger partial charge in [0.05, 0.1) is 17.5 Å². The molecule has 3 rings (SSSR count). The third-order valence-electron chi connectivity index (χ3n) is 3.40. The Balaban J connectivity index is 1.77. The van der Waals surface area contributed by atoms with Crippen molar-refractivity contribution in [3.05, 3.63) is 36.4 Å². The van der Waals surface area contributed by atoms with Gasteiger partial charge >= 0.3 is 6.03 Å². The zero-order valence-corrected chi connectivity index (χ0v) is 10.6. The molecule has 18 heavy (non-hydrogen) atoms. The van der Waals surface area contributed by atoms with E-state index in [1.165, 1.54) is 0 Å². The maximum Gasteiger partial charge on any atom is 0.319 e. The van der Waals surface area contributed by atoms with Gasteiger partial charge in [0, 0.05) is 39.3 Å². The van der Waals surface area contributed by atoms with Crippen LogP contribution in [0.3, 0.4) is 0 Å². The monoisotopic (exact) mass is 244 g/mol. The smallest absolute Gasteiger partial charge is 0.319 e. The first-order valence-corrected chi connectivity index (χ1v) is 6.04. The molecular weight excluding hydrogens is 228 g/mol. The van der Waals surface area contributed by atoms with Gasteiger partial charge in [-0.05, 0) is 12.1 Å². The average Bonchev–Trinajstić information content (AvgIpc) is 2.71. The largest absolute Gasteiger partial charge is 0.331 e. The van der Waals surface area contributed by atoms with Gasteiger partial charge < -0.3 is 14.2 Å². The Morgan fingerprint density at radius 3 is 2.89 bits per heavy atom. The summed E-state index contributed by atoms with van der Waals surface area (Å²) in [5.74, 6) is 0.362. The number of aromatic nitrogens is 2. The van der Waals surface area contributed by atoms with Crippen molar-refractivity contribution in [1.29, 1.82) is 0 Å². The van der Waals surface area contributed by atoms with Gasteiger partial charge in [0.2, 0.25) is 0 Å². The van der Waals surface area contributed by atoms with Crippen molar-refractivity contribution in [2.45, 2.75) is 5.92 Å². The van der Waals surface area contributed by atoms with Crippen LogP contribution in [0.4, 0.5) is 4.79 Å². The van der Waals surface area contributed by atoms with Crippen LogP contribution in [-0.2, 0) is 0 Å². The normalized spacial score (nSPS) is 15.8. The van der Waals surface area contributed by atoms with E-state index in [0.717, 1.165) is 24.3 Å². The molecule has 0 aromatic carbocycles. The number of amides is 2. The van der Waals surface area contributed by atoms with E-state index in [9.17, 15) is 4.79 Å². The number of urea groups is 1. The molecule has 0 N–H and O–H groups in total. The van der Waals surface area contributed by atoms with Crippen molar-refractivity contribution in [2.75, 3.05) is 27.2 Å². The number of carbonyl (C=O) groups excluding carboxylic acids is 1. The van der Waals surface area contributed by atoms with Crippen molar-refractivity contribution in [1.82, 2.24) is 19.2 Å². The fourth-order valence-electron chi connectivity index (χ4n) is 2.37. The quantitative estimate of drug-likeness (QED) is 0.761. The van der Waals surface area contributed by atoms with Crippen molar-refractivity contribution >= 4 is 11.5 Å². The Morgan fingerprint density at radius 2 is 2.17 bits per heavy atom. The molecule has 2 amide bonds. The van der Waals surface area contributed by atoms with Gasteiger partial charge in [-0.1, -0.05) is 6.07 Å². The van der Waals surface area contributed by atoms with Crippen LogP contribution in [0.1, 0.15) is 11.6 Å². The van der Waals surface area contributed by atoms with E-state index in [0.29, 0.717) is 5.92 Å². The molecule has 0 spiro atoms. The first kappa shape index (κ1) is 11.1. The van der Waals surface area contributed by atoms with Crippen LogP contribution in [0.2, 0.25) is 0 Å². The minimum absolute atomic E-state index is 0.0785. The molecule has 5 nitrogen and oxygen atoms in total. The van der Waals surface area contributed by atoms with Crippen LogP contribution in [0.15, 0.2) is 30.7 Å². The van der Waals surface area contributed by atoms with Crippen LogP contribution in [0, 0.1) is 0 Å². The molecule has 0 bridgehead atoms. The number of hydrogen-bond donors (Lipinski definition) is 0. The number of imidazole rings is 1. The highest BCUT2D eigenvalue weighted by molar-refractivity contribution is 5.75. The summed E-state index contributed by atoms with van der Waals surface area (Å²) in [6, 6.07) is 6.15. The van der Waals surface area contributed by atoms with E-state index in [1.807, 2.05) is 34.0 Å². The Bertz CT molecular complexity index is 583. The van der Waals surface area contributed by atoms with E-state index in [2.05, 4.69) is 11.1 Å². The second-order valence-corrected chi connectivity index (χ2v) is 4.90. The standard InChI is InChI=1S/C13H16N4O/c1-15(2)13(18)17-7-10(8-17)12-11-5-3-4-6-16(11)9-14-12/h3-6,9-10H,7-8H2,1-2H3. The van der Waals surface area contributed by atoms with Crippen LogP contribution in [0.25, 0.3) is 5.52 Å². The predicted molar refractivity (Wildman–Crippen MR) is 68.6 cm³/mol. The van der Waals surface area contributed by atoms with E-state index in [1.54, 1.807) is 19.0 Å². The molecule has 3 heterocycles. The lowest BCUT2D eigenvalue weighted by atomic mass is 9.96. The first-order chi connectivity index (χ1) is 8.66. The lowest BCUT2D eigenvalue weighted by Gasteiger charge is -2.39. The lowest BCUT2D eigenvalue weighted by molar-refractivity contribution is 0.127. The first-order valence-electron chi connectivity index (χ1n) is 6.04. The molecule has 0 saturated carbocycles. The fourth-order valence-corrected chi connectivity index (χ4v) is 2.37. The highest BCUT2D eigenvalue weighted by Gasteiger charge is 2.34. The van der Waals surface area contributed by atoms with Crippen LogP contribution in [-0.4, -0.2) is 52.4 Å². The summed E-state index contributed by atoms with van der Waals surface area (Å²) in [4.78, 5) is 19.7. The number of nitrogens with zero attached hydrogens (tertiary/aromatic N) is 4. The van der Waals surface area contributed by atoms with Gasteiger partial charge in [0.15, 0.2) is 0 Å². The Kier molecular flexibility index (Phi) is 2.47. The summed E-state index contributed by atoms with van der Waals surface area (Å²) in [6.07, 6.45) is 3.83. The van der Waals surface area contributed by atoms with Gasteiger partial charge in [-0.15, -0.1) is 0 Å². The molecule has 94 valence electrons. The third kappa shape index (κ3) is 1.63. The van der Waals surface area contributed by atoms with Gasteiger partial charge in [-0.25, -0.2) is 9.78 Å². The molecule has 0 aliphatic carbocycles. The Morgan fingerprint density at radius 1 is 1.39 bits per heavy atom. The molecule has 2 aromatic rings. The predicted octanol–water partition coefficient (Wildman–Crippen LogP) is 1.42. The molecule has 2 aromatic heterocycles. The molecule has 1 aliphatic heterocycles. The summed E-state index contributed by atoms with van der Waals surface area (Å²) in [6.45, 7) is 1.52. The maximum atomic E-state index is 11.7. The van der Waals surface area contributed by atoms with E-state index in [-0.39, 0.29) is 6.03 Å². The molecule has 1 fully saturated rings. The second kappa shape index (κ2) is 4.01. The fraction of sp³-hybridized carbons (Fsp3) is 0.385. The van der Waals surface area contributed by atoms with E-state index < -0.39 is 0 Å². The molecule has 1 saturated heterocycles. The van der Waals surface area contributed by atoms with E-state index in [4.69, 9.17) is 0 Å². The van der Waals surface area contributed by atoms with Crippen LogP contribution in [0.5, 0.6) is 0 Å². The highest BCUT2D eigenvalue weighted by atomic mass is 16.2. The summed E-state index contributed by atoms with van der Waals surface area (Å²) in [7, 11) is 3.56. The number of pyridine rings is 1. The van der Waals surface area contributed by atoms with Crippen molar-refractivity contribution in [2.24, 2.45) is 0 Å². The van der Waals surface area contributed by atoms with Crippen molar-refractivity contribution < 1.29 is 4.79 Å². The van der Waals surface area contributed by atoms with Crippen molar-refractivity contribution in [3.8, 4) is 0 Å². The zero-order chi connectivity index (χ0) is 12.7. The van der Waals surface area contributed by atoms with E-state index >= 15 is 0 Å². The van der Waals surface area contributed by atoms with Gasteiger partial charge in [0.1, 0.15) is 0 Å². The van der Waals surface area contributed by atoms with Crippen LogP contribution < -0.4 is 0 Å². The Hall–Kier alpha value is -2.04. The SMILES string of the molecule is CN(C)C(=O)N1CC(c2ncn3ccccc23)C1. The molecule has 0 radical (unpaired) electrons. The second-order valence-electron chi connectivity index (χ2n) is 4.90. The Labute approximate surface area is 106 Å². The van der Waals surface area contributed by atoms with Gasteiger partial charge in [-0.2, -0.15) is 0 Å². The number of likely N-dealkylation sites (tertiary alicyclic amines) is 1. The topological polar surface area (TPSA) is 40.9 Å². The lowest BCUT2D eigenvalue weighted by Crippen LogP contribution is -2.52. The number of rotatable bonds is 1. The molecule has 1 aliphatic rings. The maximum absolute atomic E-state index is 11.7. The summed E-state index contributed by atoms with van der Waals surface area (Å²) in [5.41, 5.74) is 2.23. The number of fused-ring (bicyclic) bond motifs is 1. The van der Waals surface area contributed by atoms with Gasteiger partial charge in [-0.3, -0.25) is 0 Å². The molecule has 5 heteroatoms. The summed E-state index contributed by atoms with van der Waals surface area (Å²) >= 11 is 0. The summed E-state index contributed by atoms with van der Waals surface area (Å²) in [5, 5.41) is 0. The number of carbonyl (C=O) groups is 1. The van der Waals surface area contributed by atoms with Crippen molar-refractivity contribution in [3.63, 3.8) is 0 Å². The van der Waals surface area contributed by atoms with Crippen LogP contribution >= 0.6 is 0 Å². The minimum atomic E-state index is 0.0785. The zero-order valence-electron chi connectivity index (χ0n) is 10.6. The minimum Gasteiger partial charge on any atom is -0.331 e. The third-order valence-corrected chi connectivity index (χ3v) is 3.40.